The zero-order valence-electron chi connectivity index (χ0n) is 17.2. The van der Waals surface area contributed by atoms with Crippen LogP contribution in [0.5, 0.6) is 17.2 Å². The Balaban J connectivity index is 1.88. The van der Waals surface area contributed by atoms with Gasteiger partial charge in [-0.25, -0.2) is 4.79 Å². The van der Waals surface area contributed by atoms with Gasteiger partial charge in [-0.05, 0) is 35.4 Å². The third kappa shape index (κ3) is 3.70. The number of rotatable bonds is 6. The third-order valence-corrected chi connectivity index (χ3v) is 6.58. The Morgan fingerprint density at radius 3 is 2.35 bits per heavy atom. The molecule has 0 radical (unpaired) electrons. The van der Waals surface area contributed by atoms with Crippen molar-refractivity contribution in [3.05, 3.63) is 57.8 Å². The summed E-state index contributed by atoms with van der Waals surface area (Å²) in [5.74, 6) is 0.305. The van der Waals surface area contributed by atoms with E-state index in [9.17, 15) is 14.7 Å². The van der Waals surface area contributed by atoms with Gasteiger partial charge in [-0.1, -0.05) is 18.2 Å². The van der Waals surface area contributed by atoms with Gasteiger partial charge < -0.3 is 24.6 Å². The van der Waals surface area contributed by atoms with Gasteiger partial charge in [0.25, 0.3) is 0 Å². The summed E-state index contributed by atoms with van der Waals surface area (Å²) in [7, 11) is 4.68. The number of carboxylic acids is 1. The molecule has 0 fully saturated rings. The Bertz CT molecular complexity index is 1150. The van der Waals surface area contributed by atoms with Crippen molar-refractivity contribution in [3.8, 4) is 28.4 Å². The maximum Gasteiger partial charge on any atom is 0.346 e. The number of fused-ring (bicyclic) bond motifs is 1. The van der Waals surface area contributed by atoms with Crippen molar-refractivity contribution in [2.24, 2.45) is 0 Å². The average Bonchev–Trinajstić information content (AvgIpc) is 3.17. The van der Waals surface area contributed by atoms with Crippen molar-refractivity contribution < 1.29 is 28.9 Å². The van der Waals surface area contributed by atoms with E-state index in [1.165, 1.54) is 11.3 Å². The molecule has 1 atom stereocenters. The van der Waals surface area contributed by atoms with Crippen LogP contribution in [0.2, 0.25) is 0 Å². The molecule has 8 heteroatoms. The molecule has 7 nitrogen and oxygen atoms in total. The number of aromatic carboxylic acids is 1. The highest BCUT2D eigenvalue weighted by Gasteiger charge is 2.34. The lowest BCUT2D eigenvalue weighted by Crippen LogP contribution is -2.22. The number of nitrogens with one attached hydrogen (secondary N) is 1. The summed E-state index contributed by atoms with van der Waals surface area (Å²) >= 11 is 1.19. The van der Waals surface area contributed by atoms with Crippen LogP contribution in [0.25, 0.3) is 11.1 Å². The standard InChI is InChI=1S/C23H21NO6S/c1-28-14-7-4-12(5-8-14)19-20-21(31-22(19)23(26)27)15(11-18(25)24-20)13-6-9-16(29-2)17(10-13)30-3/h4-10,15H,11H2,1-3H3,(H,24,25)(H,26,27). The topological polar surface area (TPSA) is 94.1 Å². The van der Waals surface area contributed by atoms with Gasteiger partial charge in [0, 0.05) is 22.8 Å². The molecule has 1 unspecified atom stereocenters. The molecule has 0 saturated carbocycles. The van der Waals surface area contributed by atoms with E-state index < -0.39 is 5.97 Å². The Hall–Kier alpha value is -3.52. The maximum atomic E-state index is 12.6. The molecule has 3 aromatic rings. The van der Waals surface area contributed by atoms with Crippen molar-refractivity contribution in [1.82, 2.24) is 0 Å². The molecule has 1 aromatic heterocycles. The highest BCUT2D eigenvalue weighted by Crippen LogP contribution is 2.50. The number of thiophene rings is 1. The number of benzene rings is 2. The molecule has 1 aliphatic rings. The largest absolute Gasteiger partial charge is 0.497 e. The second kappa shape index (κ2) is 8.31. The number of hydrogen-bond acceptors (Lipinski definition) is 6. The monoisotopic (exact) mass is 439 g/mol. The van der Waals surface area contributed by atoms with Gasteiger partial charge in [-0.2, -0.15) is 0 Å². The fourth-order valence-electron chi connectivity index (χ4n) is 3.81. The number of carbonyl (C=O) groups excluding carboxylic acids is 1. The van der Waals surface area contributed by atoms with Crippen molar-refractivity contribution in [2.45, 2.75) is 12.3 Å². The Morgan fingerprint density at radius 2 is 1.74 bits per heavy atom. The first-order valence-corrected chi connectivity index (χ1v) is 10.3. The van der Waals surface area contributed by atoms with E-state index in [0.29, 0.717) is 34.1 Å². The Kier molecular flexibility index (Phi) is 5.56. The number of ether oxygens (including phenoxy) is 3. The molecule has 2 N–H and O–H groups in total. The van der Waals surface area contributed by atoms with E-state index in [4.69, 9.17) is 14.2 Å². The van der Waals surface area contributed by atoms with Crippen LogP contribution in [0.15, 0.2) is 42.5 Å². The first-order valence-electron chi connectivity index (χ1n) is 9.53. The summed E-state index contributed by atoms with van der Waals surface area (Å²) in [5, 5.41) is 12.8. The number of anilines is 1. The second-order valence-electron chi connectivity index (χ2n) is 7.00. The molecule has 0 saturated heterocycles. The van der Waals surface area contributed by atoms with Gasteiger partial charge in [0.05, 0.1) is 27.0 Å². The van der Waals surface area contributed by atoms with Gasteiger partial charge in [0.2, 0.25) is 5.91 Å². The van der Waals surface area contributed by atoms with Crippen LogP contribution in [0.3, 0.4) is 0 Å². The smallest absolute Gasteiger partial charge is 0.346 e. The number of amides is 1. The lowest BCUT2D eigenvalue weighted by atomic mass is 9.88. The predicted molar refractivity (Wildman–Crippen MR) is 118 cm³/mol. The lowest BCUT2D eigenvalue weighted by Gasteiger charge is -2.24. The predicted octanol–water partition coefficient (Wildman–Crippen LogP) is 4.61. The van der Waals surface area contributed by atoms with E-state index >= 15 is 0 Å². The van der Waals surface area contributed by atoms with Crippen LogP contribution in [-0.4, -0.2) is 38.3 Å². The quantitative estimate of drug-likeness (QED) is 0.582. The number of methoxy groups -OCH3 is 3. The minimum atomic E-state index is -1.04. The summed E-state index contributed by atoms with van der Waals surface area (Å²) in [6.07, 6.45) is 0.212. The van der Waals surface area contributed by atoms with Crippen molar-refractivity contribution >= 4 is 28.9 Å². The van der Waals surface area contributed by atoms with Gasteiger partial charge in [-0.3, -0.25) is 4.79 Å². The zero-order chi connectivity index (χ0) is 22.1. The van der Waals surface area contributed by atoms with Crippen LogP contribution in [-0.2, 0) is 4.79 Å². The molecule has 160 valence electrons. The fourth-order valence-corrected chi connectivity index (χ4v) is 5.06. The molecule has 4 rings (SSSR count). The van der Waals surface area contributed by atoms with E-state index in [0.717, 1.165) is 10.4 Å². The summed E-state index contributed by atoms with van der Waals surface area (Å²) < 4.78 is 15.9. The summed E-state index contributed by atoms with van der Waals surface area (Å²) in [6.45, 7) is 0. The number of hydrogen-bond donors (Lipinski definition) is 2. The molecular formula is C23H21NO6S. The van der Waals surface area contributed by atoms with E-state index in [2.05, 4.69) is 5.32 Å². The molecule has 1 aliphatic heterocycles. The van der Waals surface area contributed by atoms with Crippen molar-refractivity contribution in [3.63, 3.8) is 0 Å². The molecule has 1 amide bonds. The Labute approximate surface area is 183 Å². The van der Waals surface area contributed by atoms with Crippen LogP contribution < -0.4 is 19.5 Å². The second-order valence-corrected chi connectivity index (χ2v) is 8.05. The summed E-state index contributed by atoms with van der Waals surface area (Å²) in [5.41, 5.74) is 2.61. The van der Waals surface area contributed by atoms with Gasteiger partial charge in [0.1, 0.15) is 10.6 Å². The summed E-state index contributed by atoms with van der Waals surface area (Å²) in [4.78, 5) is 25.7. The van der Waals surface area contributed by atoms with Crippen LogP contribution in [0, 0.1) is 0 Å². The molecular weight excluding hydrogens is 418 g/mol. The number of carbonyl (C=O) groups is 2. The van der Waals surface area contributed by atoms with E-state index in [-0.39, 0.29) is 23.1 Å². The maximum absolute atomic E-state index is 12.6. The highest BCUT2D eigenvalue weighted by molar-refractivity contribution is 7.15. The fraction of sp³-hybridized carbons (Fsp3) is 0.217. The summed E-state index contributed by atoms with van der Waals surface area (Å²) in [6, 6.07) is 12.6. The average molecular weight is 439 g/mol. The third-order valence-electron chi connectivity index (χ3n) is 5.29. The van der Waals surface area contributed by atoms with Crippen molar-refractivity contribution in [2.75, 3.05) is 26.6 Å². The van der Waals surface area contributed by atoms with Crippen molar-refractivity contribution in [1.29, 1.82) is 0 Å². The van der Waals surface area contributed by atoms with Gasteiger partial charge in [-0.15, -0.1) is 11.3 Å². The molecule has 0 aliphatic carbocycles. The van der Waals surface area contributed by atoms with Crippen LogP contribution in [0.1, 0.15) is 32.5 Å². The molecule has 31 heavy (non-hydrogen) atoms. The molecule has 2 heterocycles. The van der Waals surface area contributed by atoms with E-state index in [1.807, 2.05) is 12.1 Å². The normalized spacial score (nSPS) is 15.1. The SMILES string of the molecule is COc1ccc(-c2c(C(=O)O)sc3c2NC(=O)CC3c2ccc(OC)c(OC)c2)cc1. The molecule has 2 aromatic carbocycles. The van der Waals surface area contributed by atoms with Crippen LogP contribution >= 0.6 is 11.3 Å². The Morgan fingerprint density at radius 1 is 1.03 bits per heavy atom. The van der Waals surface area contributed by atoms with Gasteiger partial charge in [0.15, 0.2) is 11.5 Å². The van der Waals surface area contributed by atoms with Crippen LogP contribution in [0.4, 0.5) is 5.69 Å². The zero-order valence-corrected chi connectivity index (χ0v) is 18.0. The number of carboxylic acid groups (broad SMARTS) is 1. The van der Waals surface area contributed by atoms with E-state index in [1.54, 1.807) is 51.7 Å². The molecule has 0 bridgehead atoms. The first-order chi connectivity index (χ1) is 15.0. The lowest BCUT2D eigenvalue weighted by molar-refractivity contribution is -0.116. The highest BCUT2D eigenvalue weighted by atomic mass is 32.1. The first kappa shape index (κ1) is 20.7. The van der Waals surface area contributed by atoms with Gasteiger partial charge >= 0.3 is 5.97 Å². The molecule has 0 spiro atoms. The minimum absolute atomic E-state index is 0.170. The minimum Gasteiger partial charge on any atom is -0.497 e.